The predicted molar refractivity (Wildman–Crippen MR) is 97.9 cm³/mol. The molecule has 0 amide bonds. The van der Waals surface area contributed by atoms with Crippen LogP contribution in [0.15, 0.2) is 0 Å². The highest BCUT2D eigenvalue weighted by Crippen LogP contribution is 2.47. The van der Waals surface area contributed by atoms with Crippen LogP contribution >= 0.6 is 12.2 Å². The van der Waals surface area contributed by atoms with Crippen molar-refractivity contribution < 1.29 is 0 Å². The molecule has 0 heterocycles. The van der Waals surface area contributed by atoms with E-state index in [1.165, 1.54) is 57.8 Å². The van der Waals surface area contributed by atoms with Gasteiger partial charge >= 0.3 is 0 Å². The Morgan fingerprint density at radius 2 is 1.82 bits per heavy atom. The van der Waals surface area contributed by atoms with E-state index < -0.39 is 0 Å². The van der Waals surface area contributed by atoms with Gasteiger partial charge in [0.2, 0.25) is 0 Å². The van der Waals surface area contributed by atoms with Gasteiger partial charge in [-0.25, -0.2) is 0 Å². The molecule has 3 aliphatic rings. The summed E-state index contributed by atoms with van der Waals surface area (Å²) in [7, 11) is 0. The van der Waals surface area contributed by atoms with Crippen molar-refractivity contribution in [1.29, 1.82) is 0 Å². The Morgan fingerprint density at radius 3 is 2.36 bits per heavy atom. The molecule has 3 rings (SSSR count). The van der Waals surface area contributed by atoms with E-state index in [-0.39, 0.29) is 0 Å². The molecule has 0 saturated heterocycles. The highest BCUT2D eigenvalue weighted by atomic mass is 32.1. The molecule has 0 aromatic heterocycles. The number of rotatable bonds is 4. The first-order valence-electron chi connectivity index (χ1n) is 9.65. The lowest BCUT2D eigenvalue weighted by atomic mass is 9.69. The lowest BCUT2D eigenvalue weighted by Crippen LogP contribution is -2.56. The highest BCUT2D eigenvalue weighted by molar-refractivity contribution is 7.80. The van der Waals surface area contributed by atoms with Crippen molar-refractivity contribution in [2.75, 3.05) is 0 Å². The van der Waals surface area contributed by atoms with Gasteiger partial charge < -0.3 is 10.6 Å². The van der Waals surface area contributed by atoms with Gasteiger partial charge in [-0.1, -0.05) is 40.0 Å². The van der Waals surface area contributed by atoms with Crippen LogP contribution in [0.25, 0.3) is 0 Å². The molecule has 3 fully saturated rings. The average Bonchev–Trinajstić information content (AvgIpc) is 3.07. The summed E-state index contributed by atoms with van der Waals surface area (Å²) in [6, 6.07) is 0.578. The van der Waals surface area contributed by atoms with E-state index in [2.05, 4.69) is 31.4 Å². The zero-order valence-corrected chi connectivity index (χ0v) is 15.5. The first-order valence-corrected chi connectivity index (χ1v) is 10.1. The number of hydrogen-bond acceptors (Lipinski definition) is 1. The fraction of sp³-hybridized carbons (Fsp3) is 0.947. The lowest BCUT2D eigenvalue weighted by molar-refractivity contribution is 0.134. The fourth-order valence-electron chi connectivity index (χ4n) is 5.71. The van der Waals surface area contributed by atoms with Gasteiger partial charge in [0, 0.05) is 11.6 Å². The van der Waals surface area contributed by atoms with Crippen molar-refractivity contribution in [3.05, 3.63) is 0 Å². The summed E-state index contributed by atoms with van der Waals surface area (Å²) in [5, 5.41) is 8.47. The second kappa shape index (κ2) is 6.67. The third-order valence-corrected chi connectivity index (χ3v) is 7.33. The summed E-state index contributed by atoms with van der Waals surface area (Å²) in [6.45, 7) is 7.12. The smallest absolute Gasteiger partial charge is 0.166 e. The van der Waals surface area contributed by atoms with E-state index in [0.717, 1.165) is 28.8 Å². The molecule has 4 unspecified atom stereocenters. The molecule has 2 bridgehead atoms. The maximum absolute atomic E-state index is 5.75. The molecule has 0 spiro atoms. The van der Waals surface area contributed by atoms with Crippen molar-refractivity contribution >= 4 is 17.3 Å². The van der Waals surface area contributed by atoms with Crippen LogP contribution in [0.3, 0.4) is 0 Å². The van der Waals surface area contributed by atoms with Crippen molar-refractivity contribution in [1.82, 2.24) is 10.6 Å². The van der Waals surface area contributed by atoms with Gasteiger partial charge in [-0.05, 0) is 74.4 Å². The average molecular weight is 323 g/mol. The molecule has 3 aliphatic carbocycles. The second-order valence-corrected chi connectivity index (χ2v) is 8.76. The van der Waals surface area contributed by atoms with Crippen molar-refractivity contribution in [2.24, 2.45) is 23.7 Å². The van der Waals surface area contributed by atoms with Crippen LogP contribution in [0.2, 0.25) is 0 Å². The predicted octanol–water partition coefficient (Wildman–Crippen LogP) is 4.63. The van der Waals surface area contributed by atoms with E-state index in [0.29, 0.717) is 11.6 Å². The Kier molecular flexibility index (Phi) is 5.01. The Hall–Kier alpha value is -0.310. The third-order valence-electron chi connectivity index (χ3n) is 7.11. The molecule has 3 heteroatoms. The molecule has 126 valence electrons. The largest absolute Gasteiger partial charge is 0.359 e. The van der Waals surface area contributed by atoms with E-state index in [1.807, 2.05) is 0 Å². The van der Waals surface area contributed by atoms with Gasteiger partial charge in [0.15, 0.2) is 5.11 Å². The molecular formula is C19H34N2S. The molecule has 0 aliphatic heterocycles. The summed E-state index contributed by atoms with van der Waals surface area (Å²) in [5.74, 6) is 3.36. The maximum atomic E-state index is 5.75. The van der Waals surface area contributed by atoms with Crippen LogP contribution in [0.4, 0.5) is 0 Å². The molecule has 4 atom stereocenters. The molecule has 2 nitrogen and oxygen atoms in total. The van der Waals surface area contributed by atoms with Crippen molar-refractivity contribution in [3.63, 3.8) is 0 Å². The van der Waals surface area contributed by atoms with E-state index in [9.17, 15) is 0 Å². The van der Waals surface area contributed by atoms with Gasteiger partial charge in [0.1, 0.15) is 0 Å². The monoisotopic (exact) mass is 322 g/mol. The molecule has 0 aromatic carbocycles. The van der Waals surface area contributed by atoms with Crippen LogP contribution < -0.4 is 10.6 Å². The minimum Gasteiger partial charge on any atom is -0.359 e. The number of hydrogen-bond donors (Lipinski definition) is 2. The van der Waals surface area contributed by atoms with Gasteiger partial charge in [0.25, 0.3) is 0 Å². The van der Waals surface area contributed by atoms with Crippen LogP contribution in [0.1, 0.15) is 78.6 Å². The maximum Gasteiger partial charge on any atom is 0.166 e. The van der Waals surface area contributed by atoms with Gasteiger partial charge in [-0.15, -0.1) is 0 Å². The summed E-state index contributed by atoms with van der Waals surface area (Å²) >= 11 is 5.75. The van der Waals surface area contributed by atoms with Crippen LogP contribution in [-0.2, 0) is 0 Å². The number of thiocarbonyl (C=S) groups is 1. The first kappa shape index (κ1) is 16.5. The summed E-state index contributed by atoms with van der Waals surface area (Å²) in [4.78, 5) is 0. The Morgan fingerprint density at radius 1 is 1.09 bits per heavy atom. The van der Waals surface area contributed by atoms with E-state index >= 15 is 0 Å². The molecular weight excluding hydrogens is 288 g/mol. The Balaban J connectivity index is 1.62. The minimum absolute atomic E-state index is 0.346. The SMILES string of the molecule is CCC1CCC(C)C(CC)C1NC(=S)NC12CCC(CC1)C2. The van der Waals surface area contributed by atoms with E-state index in [4.69, 9.17) is 12.2 Å². The zero-order valence-electron chi connectivity index (χ0n) is 14.7. The number of fused-ring (bicyclic) bond motifs is 2. The second-order valence-electron chi connectivity index (χ2n) is 8.35. The Bertz CT molecular complexity index is 400. The van der Waals surface area contributed by atoms with Gasteiger partial charge in [-0.2, -0.15) is 0 Å². The van der Waals surface area contributed by atoms with Crippen molar-refractivity contribution in [2.45, 2.75) is 90.1 Å². The molecule has 3 saturated carbocycles. The quantitative estimate of drug-likeness (QED) is 0.738. The van der Waals surface area contributed by atoms with Crippen molar-refractivity contribution in [3.8, 4) is 0 Å². The number of nitrogens with one attached hydrogen (secondary N) is 2. The molecule has 0 radical (unpaired) electrons. The lowest BCUT2D eigenvalue weighted by Gasteiger charge is -2.43. The van der Waals surface area contributed by atoms with Crippen LogP contribution in [0.5, 0.6) is 0 Å². The molecule has 0 aromatic rings. The molecule has 2 N–H and O–H groups in total. The third kappa shape index (κ3) is 3.16. The van der Waals surface area contributed by atoms with Gasteiger partial charge in [0.05, 0.1) is 0 Å². The summed E-state index contributed by atoms with van der Waals surface area (Å²) in [6.07, 6.45) is 12.1. The molecule has 22 heavy (non-hydrogen) atoms. The topological polar surface area (TPSA) is 24.1 Å². The summed E-state index contributed by atoms with van der Waals surface area (Å²) < 4.78 is 0. The van der Waals surface area contributed by atoms with Gasteiger partial charge in [-0.3, -0.25) is 0 Å². The zero-order chi connectivity index (χ0) is 15.7. The van der Waals surface area contributed by atoms with Crippen LogP contribution in [-0.4, -0.2) is 16.7 Å². The fourth-order valence-corrected chi connectivity index (χ4v) is 6.06. The van der Waals surface area contributed by atoms with Crippen LogP contribution in [0, 0.1) is 23.7 Å². The normalized spacial score (nSPS) is 44.0. The minimum atomic E-state index is 0.346. The standard InChI is InChI=1S/C19H34N2S/c1-4-15-7-6-13(3)16(5-2)17(15)20-18(22)21-19-10-8-14(12-19)9-11-19/h13-17H,4-12H2,1-3H3,(H2,20,21,22). The summed E-state index contributed by atoms with van der Waals surface area (Å²) in [5.41, 5.74) is 0.346. The first-order chi connectivity index (χ1) is 10.6. The Labute approximate surface area is 142 Å². The highest BCUT2D eigenvalue weighted by Gasteiger charge is 2.45. The van der Waals surface area contributed by atoms with E-state index in [1.54, 1.807) is 0 Å².